The molecule has 1 aliphatic carbocycles. The Bertz CT molecular complexity index is 516. The molecule has 3 N–H and O–H groups in total. The van der Waals surface area contributed by atoms with Crippen LogP contribution in [0.3, 0.4) is 0 Å². The van der Waals surface area contributed by atoms with Crippen LogP contribution < -0.4 is 16.0 Å². The molecule has 4 rings (SSSR count). The summed E-state index contributed by atoms with van der Waals surface area (Å²) >= 11 is 0. The van der Waals surface area contributed by atoms with Gasteiger partial charge in [-0.15, -0.1) is 0 Å². The third-order valence-corrected chi connectivity index (χ3v) is 5.92. The number of nitrogens with zero attached hydrogens (tertiary/aromatic N) is 2. The molecule has 0 radical (unpaired) electrons. The number of nitrogens with two attached hydrogens (primary N) is 1. The summed E-state index contributed by atoms with van der Waals surface area (Å²) in [5.74, 6) is 1.19. The Labute approximate surface area is 133 Å². The second kappa shape index (κ2) is 5.73. The molecule has 4 heteroatoms. The highest BCUT2D eigenvalue weighted by molar-refractivity contribution is 5.55. The molecule has 0 unspecified atom stereocenters. The lowest BCUT2D eigenvalue weighted by Gasteiger charge is -2.29. The van der Waals surface area contributed by atoms with Crippen LogP contribution in [-0.2, 0) is 0 Å². The van der Waals surface area contributed by atoms with Gasteiger partial charge in [0.2, 0.25) is 0 Å². The summed E-state index contributed by atoms with van der Waals surface area (Å²) in [6, 6.07) is 6.93. The van der Waals surface area contributed by atoms with Gasteiger partial charge < -0.3 is 16.0 Å². The Morgan fingerprint density at radius 3 is 2.23 bits per heavy atom. The van der Waals surface area contributed by atoms with E-state index in [0.29, 0.717) is 12.1 Å². The first-order chi connectivity index (χ1) is 10.7. The zero-order valence-electron chi connectivity index (χ0n) is 13.6. The van der Waals surface area contributed by atoms with E-state index in [0.717, 1.165) is 30.6 Å². The fourth-order valence-electron chi connectivity index (χ4n) is 4.61. The van der Waals surface area contributed by atoms with Crippen LogP contribution >= 0.6 is 0 Å². The van der Waals surface area contributed by atoms with Crippen molar-refractivity contribution in [3.63, 3.8) is 0 Å². The molecule has 1 saturated carbocycles. The molecule has 0 spiro atoms. The zero-order chi connectivity index (χ0) is 15.1. The number of aromatic nitrogens is 1. The molecule has 3 fully saturated rings. The third kappa shape index (κ3) is 2.58. The highest BCUT2D eigenvalue weighted by Gasteiger charge is 2.39. The zero-order valence-corrected chi connectivity index (χ0v) is 13.6. The molecule has 3 aliphatic rings. The standard InChI is InChI=1S/C18H28N4/c1-12-17(21-14-4-2-13(19)3-5-14)10-11-18(20-12)22-15-6-7-16(22)9-8-15/h10-11,13-16,21H,2-9,19H2,1H3. The van der Waals surface area contributed by atoms with Gasteiger partial charge in [0, 0.05) is 24.2 Å². The average molecular weight is 300 g/mol. The molecule has 0 aromatic carbocycles. The van der Waals surface area contributed by atoms with Crippen molar-refractivity contribution in [3.8, 4) is 0 Å². The third-order valence-electron chi connectivity index (χ3n) is 5.92. The monoisotopic (exact) mass is 300 g/mol. The molecular formula is C18H28N4. The quantitative estimate of drug-likeness (QED) is 0.900. The minimum absolute atomic E-state index is 0.408. The molecule has 2 bridgehead atoms. The van der Waals surface area contributed by atoms with Gasteiger partial charge in [-0.05, 0) is 70.4 Å². The number of anilines is 2. The minimum Gasteiger partial charge on any atom is -0.381 e. The lowest BCUT2D eigenvalue weighted by Crippen LogP contribution is -2.33. The SMILES string of the molecule is Cc1nc(N2C3CCC2CC3)ccc1NC1CCC(N)CC1. The Balaban J connectivity index is 1.46. The number of fused-ring (bicyclic) bond motifs is 2. The number of hydrogen-bond donors (Lipinski definition) is 2. The van der Waals surface area contributed by atoms with Crippen molar-refractivity contribution in [2.75, 3.05) is 10.2 Å². The van der Waals surface area contributed by atoms with Gasteiger partial charge >= 0.3 is 0 Å². The van der Waals surface area contributed by atoms with Gasteiger partial charge in [0.25, 0.3) is 0 Å². The molecule has 1 aromatic rings. The van der Waals surface area contributed by atoms with E-state index in [2.05, 4.69) is 29.3 Å². The van der Waals surface area contributed by atoms with Crippen molar-refractivity contribution < 1.29 is 0 Å². The molecule has 0 amide bonds. The van der Waals surface area contributed by atoms with Gasteiger partial charge in [0.15, 0.2) is 0 Å². The molecule has 1 aromatic heterocycles. The van der Waals surface area contributed by atoms with Crippen molar-refractivity contribution >= 4 is 11.5 Å². The first-order valence-electron chi connectivity index (χ1n) is 8.99. The van der Waals surface area contributed by atoms with Crippen LogP contribution in [0.25, 0.3) is 0 Å². The highest BCUT2D eigenvalue weighted by atomic mass is 15.3. The van der Waals surface area contributed by atoms with Gasteiger partial charge in [-0.3, -0.25) is 0 Å². The highest BCUT2D eigenvalue weighted by Crippen LogP contribution is 2.40. The van der Waals surface area contributed by atoms with Crippen molar-refractivity contribution in [1.82, 2.24) is 4.98 Å². The summed E-state index contributed by atoms with van der Waals surface area (Å²) in [5.41, 5.74) is 8.34. The molecule has 2 saturated heterocycles. The number of pyridine rings is 1. The van der Waals surface area contributed by atoms with Gasteiger partial charge in [-0.2, -0.15) is 0 Å². The van der Waals surface area contributed by atoms with Gasteiger partial charge in [0.05, 0.1) is 11.4 Å². The molecule has 3 heterocycles. The van der Waals surface area contributed by atoms with Gasteiger partial charge in [-0.25, -0.2) is 4.98 Å². The number of rotatable bonds is 3. The van der Waals surface area contributed by atoms with E-state index in [4.69, 9.17) is 10.7 Å². The van der Waals surface area contributed by atoms with E-state index in [1.807, 2.05) is 0 Å². The van der Waals surface area contributed by atoms with Crippen LogP contribution in [0, 0.1) is 6.92 Å². The Morgan fingerprint density at radius 1 is 1.00 bits per heavy atom. The lowest BCUT2D eigenvalue weighted by atomic mass is 9.91. The maximum absolute atomic E-state index is 6.00. The second-order valence-electron chi connectivity index (χ2n) is 7.43. The summed E-state index contributed by atoms with van der Waals surface area (Å²) in [5, 5.41) is 3.69. The first kappa shape index (κ1) is 14.3. The molecule has 120 valence electrons. The summed E-state index contributed by atoms with van der Waals surface area (Å²) in [4.78, 5) is 7.49. The van der Waals surface area contributed by atoms with Crippen LogP contribution in [0.4, 0.5) is 11.5 Å². The molecular weight excluding hydrogens is 272 g/mol. The molecule has 0 atom stereocenters. The van der Waals surface area contributed by atoms with Crippen LogP contribution in [-0.4, -0.2) is 29.2 Å². The van der Waals surface area contributed by atoms with Gasteiger partial charge in [0.1, 0.15) is 5.82 Å². The van der Waals surface area contributed by atoms with E-state index in [-0.39, 0.29) is 0 Å². The molecule has 2 aliphatic heterocycles. The topological polar surface area (TPSA) is 54.2 Å². The summed E-state index contributed by atoms with van der Waals surface area (Å²) < 4.78 is 0. The maximum atomic E-state index is 6.00. The fourth-order valence-corrected chi connectivity index (χ4v) is 4.61. The van der Waals surface area contributed by atoms with Crippen molar-refractivity contribution in [1.29, 1.82) is 0 Å². The Morgan fingerprint density at radius 2 is 1.64 bits per heavy atom. The van der Waals surface area contributed by atoms with Crippen LogP contribution in [0.5, 0.6) is 0 Å². The van der Waals surface area contributed by atoms with Crippen molar-refractivity contribution in [2.45, 2.75) is 82.5 Å². The second-order valence-corrected chi connectivity index (χ2v) is 7.43. The van der Waals surface area contributed by atoms with Crippen LogP contribution in [0.1, 0.15) is 57.1 Å². The number of hydrogen-bond acceptors (Lipinski definition) is 4. The number of aryl methyl sites for hydroxylation is 1. The fraction of sp³-hybridized carbons (Fsp3) is 0.722. The van der Waals surface area contributed by atoms with Crippen LogP contribution in [0.15, 0.2) is 12.1 Å². The summed E-state index contributed by atoms with van der Waals surface area (Å²) in [6.07, 6.45) is 10.1. The van der Waals surface area contributed by atoms with E-state index in [1.165, 1.54) is 50.0 Å². The molecule has 4 nitrogen and oxygen atoms in total. The Hall–Kier alpha value is -1.29. The predicted octanol–water partition coefficient (Wildman–Crippen LogP) is 3.20. The predicted molar refractivity (Wildman–Crippen MR) is 91.4 cm³/mol. The smallest absolute Gasteiger partial charge is 0.129 e. The Kier molecular flexibility index (Phi) is 3.73. The number of nitrogens with one attached hydrogen (secondary N) is 1. The van der Waals surface area contributed by atoms with E-state index in [1.54, 1.807) is 0 Å². The average Bonchev–Trinajstić information content (AvgIpc) is 3.12. The maximum Gasteiger partial charge on any atom is 0.129 e. The largest absolute Gasteiger partial charge is 0.381 e. The molecule has 22 heavy (non-hydrogen) atoms. The minimum atomic E-state index is 0.408. The van der Waals surface area contributed by atoms with Crippen molar-refractivity contribution in [3.05, 3.63) is 17.8 Å². The lowest BCUT2D eigenvalue weighted by molar-refractivity contribution is 0.411. The summed E-state index contributed by atoms with van der Waals surface area (Å²) in [7, 11) is 0. The first-order valence-corrected chi connectivity index (χ1v) is 8.99. The summed E-state index contributed by atoms with van der Waals surface area (Å²) in [6.45, 7) is 2.14. The normalized spacial score (nSPS) is 34.2. The van der Waals surface area contributed by atoms with Gasteiger partial charge in [-0.1, -0.05) is 0 Å². The van der Waals surface area contributed by atoms with E-state index in [9.17, 15) is 0 Å². The van der Waals surface area contributed by atoms with Crippen molar-refractivity contribution in [2.24, 2.45) is 5.73 Å². The van der Waals surface area contributed by atoms with E-state index >= 15 is 0 Å². The van der Waals surface area contributed by atoms with Crippen LogP contribution in [0.2, 0.25) is 0 Å². The van der Waals surface area contributed by atoms with E-state index < -0.39 is 0 Å².